The molecule has 0 unspecified atom stereocenters. The quantitative estimate of drug-likeness (QED) is 0.818. The average Bonchev–Trinajstić information content (AvgIpc) is 2.47. The van der Waals surface area contributed by atoms with Crippen LogP contribution in [0.15, 0.2) is 35.1 Å². The molecule has 6 heteroatoms. The molecule has 21 heavy (non-hydrogen) atoms. The highest BCUT2D eigenvalue weighted by Gasteiger charge is 2.07. The minimum atomic E-state index is -0.307. The normalized spacial score (nSPS) is 10.8. The van der Waals surface area contributed by atoms with E-state index in [2.05, 4.69) is 10.4 Å². The maximum Gasteiger partial charge on any atom is 0.204 e. The predicted molar refractivity (Wildman–Crippen MR) is 78.1 cm³/mol. The third-order valence-corrected chi connectivity index (χ3v) is 3.03. The third-order valence-electron chi connectivity index (χ3n) is 3.03. The second-order valence-corrected chi connectivity index (χ2v) is 4.65. The molecule has 0 radical (unpaired) electrons. The molecule has 0 saturated heterocycles. The molecular formula is C15H18FN3O2. The smallest absolute Gasteiger partial charge is 0.204 e. The summed E-state index contributed by atoms with van der Waals surface area (Å²) in [5.74, 6) is -0.307. The van der Waals surface area contributed by atoms with Crippen molar-refractivity contribution in [1.29, 1.82) is 0 Å². The zero-order chi connectivity index (χ0) is 15.2. The van der Waals surface area contributed by atoms with E-state index in [0.29, 0.717) is 36.8 Å². The Morgan fingerprint density at radius 2 is 2.05 bits per heavy atom. The zero-order valence-electron chi connectivity index (χ0n) is 12.1. The molecule has 0 aliphatic rings. The molecule has 0 spiro atoms. The highest BCUT2D eigenvalue weighted by atomic mass is 19.1. The number of halogens is 1. The first-order chi connectivity index (χ1) is 10.1. The number of benzene rings is 1. The first-order valence-corrected chi connectivity index (χ1v) is 6.67. The number of rotatable bonds is 6. The summed E-state index contributed by atoms with van der Waals surface area (Å²) in [6.45, 7) is 3.36. The fourth-order valence-electron chi connectivity index (χ4n) is 1.93. The predicted octanol–water partition coefficient (Wildman–Crippen LogP) is 1.42. The summed E-state index contributed by atoms with van der Waals surface area (Å²) in [7, 11) is 1.62. The van der Waals surface area contributed by atoms with Crippen molar-refractivity contribution >= 4 is 0 Å². The minimum absolute atomic E-state index is 0.115. The minimum Gasteiger partial charge on any atom is -0.383 e. The Labute approximate surface area is 122 Å². The van der Waals surface area contributed by atoms with Gasteiger partial charge in [0.05, 0.1) is 12.3 Å². The Hall–Kier alpha value is -2.05. The van der Waals surface area contributed by atoms with Crippen molar-refractivity contribution in [1.82, 2.24) is 15.1 Å². The van der Waals surface area contributed by atoms with Gasteiger partial charge < -0.3 is 10.1 Å². The molecule has 0 aliphatic carbocycles. The van der Waals surface area contributed by atoms with Gasteiger partial charge in [-0.05, 0) is 31.2 Å². The SMILES string of the molecule is COCCNCc1nn(-c2ccc(F)cc2)c(C)cc1=O. The molecule has 0 fully saturated rings. The topological polar surface area (TPSA) is 56.1 Å². The van der Waals surface area contributed by atoms with Crippen LogP contribution in [0.4, 0.5) is 4.39 Å². The Kier molecular flexibility index (Phi) is 5.19. The molecule has 0 amide bonds. The highest BCUT2D eigenvalue weighted by molar-refractivity contribution is 5.32. The van der Waals surface area contributed by atoms with E-state index in [0.717, 1.165) is 0 Å². The van der Waals surface area contributed by atoms with Crippen LogP contribution >= 0.6 is 0 Å². The van der Waals surface area contributed by atoms with Gasteiger partial charge in [-0.1, -0.05) is 0 Å². The van der Waals surface area contributed by atoms with Gasteiger partial charge in [-0.25, -0.2) is 9.07 Å². The van der Waals surface area contributed by atoms with Gasteiger partial charge in [-0.15, -0.1) is 0 Å². The van der Waals surface area contributed by atoms with Gasteiger partial charge in [-0.2, -0.15) is 5.10 Å². The van der Waals surface area contributed by atoms with Crippen molar-refractivity contribution in [3.8, 4) is 5.69 Å². The zero-order valence-corrected chi connectivity index (χ0v) is 12.1. The van der Waals surface area contributed by atoms with Crippen LogP contribution in [0.1, 0.15) is 11.4 Å². The van der Waals surface area contributed by atoms with Crippen molar-refractivity contribution in [3.05, 3.63) is 57.8 Å². The number of nitrogens with one attached hydrogen (secondary N) is 1. The van der Waals surface area contributed by atoms with Crippen molar-refractivity contribution in [2.24, 2.45) is 0 Å². The second kappa shape index (κ2) is 7.10. The van der Waals surface area contributed by atoms with E-state index in [1.807, 2.05) is 0 Å². The van der Waals surface area contributed by atoms with Crippen LogP contribution in [-0.2, 0) is 11.3 Å². The summed E-state index contributed by atoms with van der Waals surface area (Å²) in [6.07, 6.45) is 0. The molecule has 112 valence electrons. The molecule has 2 aromatic rings. The molecule has 0 saturated carbocycles. The number of ether oxygens (including phenoxy) is 1. The summed E-state index contributed by atoms with van der Waals surface area (Å²) in [4.78, 5) is 11.9. The van der Waals surface area contributed by atoms with Crippen LogP contribution in [0, 0.1) is 12.7 Å². The van der Waals surface area contributed by atoms with Crippen LogP contribution < -0.4 is 10.7 Å². The Balaban J connectivity index is 2.25. The van der Waals surface area contributed by atoms with E-state index in [9.17, 15) is 9.18 Å². The lowest BCUT2D eigenvalue weighted by molar-refractivity contribution is 0.199. The first kappa shape index (κ1) is 15.3. The average molecular weight is 291 g/mol. The van der Waals surface area contributed by atoms with Crippen molar-refractivity contribution < 1.29 is 9.13 Å². The van der Waals surface area contributed by atoms with Crippen LogP contribution in [0.5, 0.6) is 0 Å². The van der Waals surface area contributed by atoms with E-state index in [4.69, 9.17) is 4.74 Å². The molecule has 0 bridgehead atoms. The van der Waals surface area contributed by atoms with E-state index in [1.54, 1.807) is 30.8 Å². The summed E-state index contributed by atoms with van der Waals surface area (Å²) in [5, 5.41) is 7.44. The monoisotopic (exact) mass is 291 g/mol. The Morgan fingerprint density at radius 1 is 1.33 bits per heavy atom. The van der Waals surface area contributed by atoms with E-state index < -0.39 is 0 Å². The maximum atomic E-state index is 13.0. The molecule has 2 rings (SSSR count). The van der Waals surface area contributed by atoms with Gasteiger partial charge >= 0.3 is 0 Å². The molecule has 1 heterocycles. The van der Waals surface area contributed by atoms with Crippen LogP contribution in [0.2, 0.25) is 0 Å². The lowest BCUT2D eigenvalue weighted by atomic mass is 10.2. The van der Waals surface area contributed by atoms with Gasteiger partial charge in [0.15, 0.2) is 0 Å². The molecule has 5 nitrogen and oxygen atoms in total. The fourth-order valence-corrected chi connectivity index (χ4v) is 1.93. The number of hydrogen-bond donors (Lipinski definition) is 1. The van der Waals surface area contributed by atoms with Crippen molar-refractivity contribution in [2.45, 2.75) is 13.5 Å². The van der Waals surface area contributed by atoms with Gasteiger partial charge in [0.2, 0.25) is 5.43 Å². The largest absolute Gasteiger partial charge is 0.383 e. The van der Waals surface area contributed by atoms with Gasteiger partial charge in [0.25, 0.3) is 0 Å². The molecule has 1 N–H and O–H groups in total. The second-order valence-electron chi connectivity index (χ2n) is 4.65. The van der Waals surface area contributed by atoms with E-state index in [-0.39, 0.29) is 11.2 Å². The third kappa shape index (κ3) is 3.96. The van der Waals surface area contributed by atoms with E-state index >= 15 is 0 Å². The van der Waals surface area contributed by atoms with Gasteiger partial charge in [0.1, 0.15) is 11.5 Å². The fraction of sp³-hybridized carbons (Fsp3) is 0.333. The summed E-state index contributed by atoms with van der Waals surface area (Å²) < 4.78 is 19.5. The summed E-state index contributed by atoms with van der Waals surface area (Å²) >= 11 is 0. The molecule has 1 aromatic carbocycles. The number of aryl methyl sites for hydroxylation is 1. The molecule has 0 aliphatic heterocycles. The van der Waals surface area contributed by atoms with Crippen LogP contribution in [0.3, 0.4) is 0 Å². The molecule has 1 aromatic heterocycles. The maximum absolute atomic E-state index is 13.0. The number of methoxy groups -OCH3 is 1. The Morgan fingerprint density at radius 3 is 2.71 bits per heavy atom. The van der Waals surface area contributed by atoms with Crippen LogP contribution in [0.25, 0.3) is 5.69 Å². The van der Waals surface area contributed by atoms with Gasteiger partial charge in [-0.3, -0.25) is 4.79 Å². The standard InChI is InChI=1S/C15H18FN3O2/c1-11-9-15(20)14(10-17-7-8-21-2)18-19(11)13-5-3-12(16)4-6-13/h3-6,9,17H,7-8,10H2,1-2H3. The summed E-state index contributed by atoms with van der Waals surface area (Å²) in [6, 6.07) is 7.52. The van der Waals surface area contributed by atoms with Crippen molar-refractivity contribution in [3.63, 3.8) is 0 Å². The van der Waals surface area contributed by atoms with Crippen molar-refractivity contribution in [2.75, 3.05) is 20.3 Å². The Bertz CT molecular complexity index is 653. The highest BCUT2D eigenvalue weighted by Crippen LogP contribution is 2.09. The number of hydrogen-bond acceptors (Lipinski definition) is 4. The van der Waals surface area contributed by atoms with Gasteiger partial charge in [0, 0.05) is 32.0 Å². The molecular weight excluding hydrogens is 273 g/mol. The number of aromatic nitrogens is 2. The number of nitrogens with zero attached hydrogens (tertiary/aromatic N) is 2. The lowest BCUT2D eigenvalue weighted by Crippen LogP contribution is -2.26. The summed E-state index contributed by atoms with van der Waals surface area (Å²) in [5.41, 5.74) is 1.72. The first-order valence-electron chi connectivity index (χ1n) is 6.67. The van der Waals surface area contributed by atoms with Crippen LogP contribution in [-0.4, -0.2) is 30.0 Å². The molecule has 0 atom stereocenters. The lowest BCUT2D eigenvalue weighted by Gasteiger charge is -2.11. The van der Waals surface area contributed by atoms with E-state index in [1.165, 1.54) is 18.2 Å².